The summed E-state index contributed by atoms with van der Waals surface area (Å²) in [7, 11) is 0. The van der Waals surface area contributed by atoms with Crippen molar-refractivity contribution in [2.24, 2.45) is 5.73 Å². The zero-order valence-electron chi connectivity index (χ0n) is 9.96. The van der Waals surface area contributed by atoms with Gasteiger partial charge in [0.15, 0.2) is 0 Å². The van der Waals surface area contributed by atoms with Crippen molar-refractivity contribution in [2.75, 3.05) is 0 Å². The first-order valence-corrected chi connectivity index (χ1v) is 5.89. The number of alkyl halides is 3. The predicted octanol–water partition coefficient (Wildman–Crippen LogP) is 4.25. The molecule has 1 aromatic rings. The fourth-order valence-electron chi connectivity index (χ4n) is 2.62. The van der Waals surface area contributed by atoms with Crippen molar-refractivity contribution in [1.29, 1.82) is 0 Å². The van der Waals surface area contributed by atoms with Crippen LogP contribution in [-0.4, -0.2) is 0 Å². The van der Waals surface area contributed by atoms with Crippen LogP contribution in [0.25, 0.3) is 0 Å². The van der Waals surface area contributed by atoms with Gasteiger partial charge in [0, 0.05) is 5.54 Å². The second-order valence-corrected chi connectivity index (χ2v) is 4.76. The van der Waals surface area contributed by atoms with Crippen molar-refractivity contribution < 1.29 is 13.2 Å². The number of nitrogens with two attached hydrogens (primary N) is 1. The van der Waals surface area contributed by atoms with E-state index in [2.05, 4.69) is 0 Å². The molecule has 1 fully saturated rings. The minimum atomic E-state index is -4.32. The molecule has 18 heavy (non-hydrogen) atoms. The molecule has 1 saturated carbocycles. The lowest BCUT2D eigenvalue weighted by molar-refractivity contribution is -0.139. The highest BCUT2D eigenvalue weighted by atomic mass is 35.5. The molecule has 0 unspecified atom stereocenters. The lowest BCUT2D eigenvalue weighted by Gasteiger charge is -2.35. The fourth-order valence-corrected chi connectivity index (χ4v) is 2.62. The summed E-state index contributed by atoms with van der Waals surface area (Å²) in [6.07, 6.45) is -0.168. The smallest absolute Gasteiger partial charge is 0.321 e. The number of hydrogen-bond acceptors (Lipinski definition) is 1. The van der Waals surface area contributed by atoms with Crippen LogP contribution in [0.4, 0.5) is 13.2 Å². The molecule has 5 heteroatoms. The summed E-state index contributed by atoms with van der Waals surface area (Å²) in [6, 6.07) is 5.69. The molecule has 0 spiro atoms. The van der Waals surface area contributed by atoms with Crippen LogP contribution in [0.1, 0.15) is 43.2 Å². The molecule has 0 bridgehead atoms. The van der Waals surface area contributed by atoms with Gasteiger partial charge in [0.2, 0.25) is 0 Å². The molecule has 1 aliphatic rings. The SMILES string of the molecule is Cl.NC1(c2ccccc2C(F)(F)F)CCCCC1. The molecular weight excluding hydrogens is 263 g/mol. The Morgan fingerprint density at radius 2 is 1.56 bits per heavy atom. The largest absolute Gasteiger partial charge is 0.416 e. The van der Waals surface area contributed by atoms with E-state index in [1.807, 2.05) is 0 Å². The normalized spacial score (nSPS) is 19.1. The monoisotopic (exact) mass is 279 g/mol. The summed E-state index contributed by atoms with van der Waals surface area (Å²) in [5, 5.41) is 0. The van der Waals surface area contributed by atoms with Gasteiger partial charge in [-0.15, -0.1) is 12.4 Å². The molecule has 0 saturated heterocycles. The maximum absolute atomic E-state index is 12.9. The maximum Gasteiger partial charge on any atom is 0.416 e. The molecular formula is C13H17ClF3N. The average molecular weight is 280 g/mol. The van der Waals surface area contributed by atoms with E-state index < -0.39 is 17.3 Å². The van der Waals surface area contributed by atoms with Crippen LogP contribution in [0.15, 0.2) is 24.3 Å². The van der Waals surface area contributed by atoms with E-state index in [0.717, 1.165) is 25.3 Å². The van der Waals surface area contributed by atoms with E-state index in [0.29, 0.717) is 12.8 Å². The van der Waals surface area contributed by atoms with Crippen molar-refractivity contribution >= 4 is 12.4 Å². The van der Waals surface area contributed by atoms with E-state index in [9.17, 15) is 13.2 Å². The molecule has 0 amide bonds. The molecule has 0 aliphatic heterocycles. The highest BCUT2D eigenvalue weighted by molar-refractivity contribution is 5.85. The third-order valence-corrected chi connectivity index (χ3v) is 3.51. The van der Waals surface area contributed by atoms with Crippen LogP contribution >= 0.6 is 12.4 Å². The van der Waals surface area contributed by atoms with Gasteiger partial charge in [0.1, 0.15) is 0 Å². The van der Waals surface area contributed by atoms with Gasteiger partial charge < -0.3 is 5.73 Å². The van der Waals surface area contributed by atoms with Gasteiger partial charge in [-0.2, -0.15) is 13.2 Å². The summed E-state index contributed by atoms with van der Waals surface area (Å²) >= 11 is 0. The van der Waals surface area contributed by atoms with E-state index in [1.165, 1.54) is 12.1 Å². The zero-order valence-corrected chi connectivity index (χ0v) is 10.8. The van der Waals surface area contributed by atoms with Crippen LogP contribution in [0.5, 0.6) is 0 Å². The minimum Gasteiger partial charge on any atom is -0.321 e. The van der Waals surface area contributed by atoms with Crippen LogP contribution < -0.4 is 5.73 Å². The maximum atomic E-state index is 12.9. The first-order valence-electron chi connectivity index (χ1n) is 5.89. The Kier molecular flexibility index (Phi) is 4.67. The van der Waals surface area contributed by atoms with Crippen molar-refractivity contribution in [1.82, 2.24) is 0 Å². The predicted molar refractivity (Wildman–Crippen MR) is 67.6 cm³/mol. The van der Waals surface area contributed by atoms with Gasteiger partial charge in [-0.25, -0.2) is 0 Å². The van der Waals surface area contributed by atoms with Gasteiger partial charge in [-0.3, -0.25) is 0 Å². The number of hydrogen-bond donors (Lipinski definition) is 1. The van der Waals surface area contributed by atoms with Gasteiger partial charge in [-0.1, -0.05) is 37.5 Å². The Labute approximate surface area is 111 Å². The Morgan fingerprint density at radius 3 is 2.11 bits per heavy atom. The summed E-state index contributed by atoms with van der Waals surface area (Å²) < 4.78 is 38.8. The number of halogens is 4. The van der Waals surface area contributed by atoms with E-state index in [4.69, 9.17) is 5.73 Å². The molecule has 1 aromatic carbocycles. The van der Waals surface area contributed by atoms with E-state index in [-0.39, 0.29) is 18.0 Å². The van der Waals surface area contributed by atoms with Crippen LogP contribution in [0.2, 0.25) is 0 Å². The summed E-state index contributed by atoms with van der Waals surface area (Å²) in [5.41, 5.74) is 5.05. The van der Waals surface area contributed by atoms with Crippen molar-refractivity contribution in [3.8, 4) is 0 Å². The minimum absolute atomic E-state index is 0. The van der Waals surface area contributed by atoms with E-state index in [1.54, 1.807) is 6.07 Å². The molecule has 0 aromatic heterocycles. The van der Waals surface area contributed by atoms with Crippen LogP contribution in [0.3, 0.4) is 0 Å². The lowest BCUT2D eigenvalue weighted by Crippen LogP contribution is -2.40. The molecule has 2 rings (SSSR count). The van der Waals surface area contributed by atoms with E-state index >= 15 is 0 Å². The number of rotatable bonds is 1. The van der Waals surface area contributed by atoms with Crippen molar-refractivity contribution in [3.05, 3.63) is 35.4 Å². The van der Waals surface area contributed by atoms with Crippen molar-refractivity contribution in [2.45, 2.75) is 43.8 Å². The standard InChI is InChI=1S/C13H16F3N.ClH/c14-13(15,16)11-7-3-2-6-10(11)12(17)8-4-1-5-9-12;/h2-3,6-7H,1,4-5,8-9,17H2;1H. The Bertz CT molecular complexity index is 397. The first-order chi connectivity index (χ1) is 7.93. The second kappa shape index (κ2) is 5.49. The van der Waals surface area contributed by atoms with Gasteiger partial charge in [0.25, 0.3) is 0 Å². The Balaban J connectivity index is 0.00000162. The average Bonchev–Trinajstić information content (AvgIpc) is 2.29. The molecule has 0 atom stereocenters. The molecule has 1 nitrogen and oxygen atoms in total. The Morgan fingerprint density at radius 1 is 1.00 bits per heavy atom. The van der Waals surface area contributed by atoms with Gasteiger partial charge >= 0.3 is 6.18 Å². The Hall–Kier alpha value is -0.740. The molecule has 0 heterocycles. The van der Waals surface area contributed by atoms with Crippen LogP contribution in [-0.2, 0) is 11.7 Å². The summed E-state index contributed by atoms with van der Waals surface area (Å²) in [6.45, 7) is 0. The molecule has 2 N–H and O–H groups in total. The number of benzene rings is 1. The highest BCUT2D eigenvalue weighted by Gasteiger charge is 2.39. The molecule has 0 radical (unpaired) electrons. The quantitative estimate of drug-likeness (QED) is 0.817. The fraction of sp³-hybridized carbons (Fsp3) is 0.538. The highest BCUT2D eigenvalue weighted by Crippen LogP contribution is 2.41. The summed E-state index contributed by atoms with van der Waals surface area (Å²) in [5.74, 6) is 0. The van der Waals surface area contributed by atoms with Gasteiger partial charge in [-0.05, 0) is 24.5 Å². The summed E-state index contributed by atoms with van der Waals surface area (Å²) in [4.78, 5) is 0. The third-order valence-electron chi connectivity index (χ3n) is 3.51. The van der Waals surface area contributed by atoms with Crippen LogP contribution in [0, 0.1) is 0 Å². The molecule has 102 valence electrons. The van der Waals surface area contributed by atoms with Crippen molar-refractivity contribution in [3.63, 3.8) is 0 Å². The lowest BCUT2D eigenvalue weighted by atomic mass is 9.76. The molecule has 1 aliphatic carbocycles. The second-order valence-electron chi connectivity index (χ2n) is 4.76. The van der Waals surface area contributed by atoms with Gasteiger partial charge in [0.05, 0.1) is 5.56 Å². The first kappa shape index (κ1) is 15.3. The third kappa shape index (κ3) is 2.98. The zero-order chi connectivity index (χ0) is 12.5. The topological polar surface area (TPSA) is 26.0 Å².